The van der Waals surface area contributed by atoms with Gasteiger partial charge in [-0.25, -0.2) is 0 Å². The molecule has 0 spiro atoms. The van der Waals surface area contributed by atoms with E-state index in [-0.39, 0.29) is 11.2 Å². The lowest BCUT2D eigenvalue weighted by atomic mass is 10.1. The van der Waals surface area contributed by atoms with Crippen LogP contribution in [0.4, 0.5) is 5.69 Å². The van der Waals surface area contributed by atoms with Gasteiger partial charge in [-0.1, -0.05) is 35.9 Å². The minimum absolute atomic E-state index is 0.0151. The second-order valence-electron chi connectivity index (χ2n) is 4.77. The highest BCUT2D eigenvalue weighted by molar-refractivity contribution is 8.01. The van der Waals surface area contributed by atoms with Gasteiger partial charge in [0.15, 0.2) is 0 Å². The first-order valence-corrected chi connectivity index (χ1v) is 7.22. The van der Waals surface area contributed by atoms with Crippen molar-refractivity contribution in [2.24, 2.45) is 0 Å². The van der Waals surface area contributed by atoms with Crippen molar-refractivity contribution >= 4 is 23.4 Å². The van der Waals surface area contributed by atoms with Gasteiger partial charge in [-0.15, -0.1) is 11.8 Å². The smallest absolute Gasteiger partial charge is 0.238 e. The minimum atomic E-state index is -0.0151. The molecular formula is C16H15NOS. The monoisotopic (exact) mass is 269 g/mol. The maximum absolute atomic E-state index is 12.2. The van der Waals surface area contributed by atoms with Crippen molar-refractivity contribution in [3.63, 3.8) is 0 Å². The number of rotatable bonds is 2. The van der Waals surface area contributed by atoms with E-state index in [1.54, 1.807) is 11.8 Å². The number of hydrogen-bond donors (Lipinski definition) is 1. The van der Waals surface area contributed by atoms with Crippen molar-refractivity contribution in [3.8, 4) is 0 Å². The lowest BCUT2D eigenvalue weighted by Gasteiger charge is -2.10. The van der Waals surface area contributed by atoms with Gasteiger partial charge in [0, 0.05) is 10.6 Å². The van der Waals surface area contributed by atoms with E-state index in [2.05, 4.69) is 17.4 Å². The van der Waals surface area contributed by atoms with Gasteiger partial charge in [-0.3, -0.25) is 4.79 Å². The molecule has 0 aromatic heterocycles. The number of carbonyl (C=O) groups is 1. The Hall–Kier alpha value is -1.74. The van der Waals surface area contributed by atoms with Gasteiger partial charge in [-0.2, -0.15) is 0 Å². The van der Waals surface area contributed by atoms with Crippen molar-refractivity contribution in [3.05, 3.63) is 59.7 Å². The molecule has 3 heteroatoms. The van der Waals surface area contributed by atoms with Crippen LogP contribution >= 0.6 is 11.8 Å². The Morgan fingerprint density at radius 3 is 2.63 bits per heavy atom. The summed E-state index contributed by atoms with van der Waals surface area (Å²) in [6, 6.07) is 16.1. The Morgan fingerprint density at radius 1 is 1.16 bits per heavy atom. The van der Waals surface area contributed by atoms with Crippen LogP contribution in [0.2, 0.25) is 0 Å². The van der Waals surface area contributed by atoms with E-state index in [1.165, 1.54) is 16.0 Å². The summed E-state index contributed by atoms with van der Waals surface area (Å²) >= 11 is 1.65. The molecule has 0 aliphatic carbocycles. The molecule has 0 fully saturated rings. The molecule has 0 saturated carbocycles. The first-order chi connectivity index (χ1) is 9.22. The van der Waals surface area contributed by atoms with Crippen LogP contribution < -0.4 is 5.32 Å². The Morgan fingerprint density at radius 2 is 1.89 bits per heavy atom. The molecular weight excluding hydrogens is 254 g/mol. The normalized spacial score (nSPS) is 17.0. The van der Waals surface area contributed by atoms with Crippen LogP contribution in [-0.4, -0.2) is 11.2 Å². The predicted molar refractivity (Wildman–Crippen MR) is 79.6 cm³/mol. The molecule has 0 radical (unpaired) electrons. The largest absolute Gasteiger partial charge is 0.325 e. The molecule has 0 bridgehead atoms. The molecule has 96 valence electrons. The first-order valence-electron chi connectivity index (χ1n) is 6.34. The van der Waals surface area contributed by atoms with Crippen LogP contribution in [0.1, 0.15) is 11.1 Å². The molecule has 1 atom stereocenters. The van der Waals surface area contributed by atoms with E-state index in [4.69, 9.17) is 0 Å². The van der Waals surface area contributed by atoms with Gasteiger partial charge < -0.3 is 5.32 Å². The molecule has 1 heterocycles. The molecule has 2 nitrogen and oxygen atoms in total. The third-order valence-electron chi connectivity index (χ3n) is 3.26. The SMILES string of the molecule is Cc1ccc(NC(=O)C2Cc3ccccc3S2)cc1. The van der Waals surface area contributed by atoms with Crippen LogP contribution in [-0.2, 0) is 11.2 Å². The number of hydrogen-bond acceptors (Lipinski definition) is 2. The van der Waals surface area contributed by atoms with E-state index in [0.717, 1.165) is 12.1 Å². The molecule has 1 amide bonds. The standard InChI is InChI=1S/C16H15NOS/c1-11-6-8-13(9-7-11)17-16(18)15-10-12-4-2-3-5-14(12)19-15/h2-9,15H,10H2,1H3,(H,17,18). The fraction of sp³-hybridized carbons (Fsp3) is 0.188. The van der Waals surface area contributed by atoms with Gasteiger partial charge >= 0.3 is 0 Å². The average molecular weight is 269 g/mol. The zero-order valence-corrected chi connectivity index (χ0v) is 11.5. The summed E-state index contributed by atoms with van der Waals surface area (Å²) in [7, 11) is 0. The van der Waals surface area contributed by atoms with Crippen LogP contribution in [0.15, 0.2) is 53.4 Å². The molecule has 1 aliphatic rings. The van der Waals surface area contributed by atoms with Crippen molar-refractivity contribution in [2.75, 3.05) is 5.32 Å². The highest BCUT2D eigenvalue weighted by atomic mass is 32.2. The lowest BCUT2D eigenvalue weighted by molar-refractivity contribution is -0.115. The fourth-order valence-corrected chi connectivity index (χ4v) is 3.38. The molecule has 3 rings (SSSR count). The number of thioether (sulfide) groups is 1. The van der Waals surface area contributed by atoms with Gasteiger partial charge in [0.2, 0.25) is 5.91 Å². The summed E-state index contributed by atoms with van der Waals surface area (Å²) in [5.74, 6) is 0.0880. The highest BCUT2D eigenvalue weighted by Gasteiger charge is 2.27. The highest BCUT2D eigenvalue weighted by Crippen LogP contribution is 2.37. The van der Waals surface area contributed by atoms with Gasteiger partial charge in [0.1, 0.15) is 0 Å². The minimum Gasteiger partial charge on any atom is -0.325 e. The number of anilines is 1. The van der Waals surface area contributed by atoms with Crippen LogP contribution in [0.5, 0.6) is 0 Å². The van der Waals surface area contributed by atoms with Gasteiger partial charge in [0.25, 0.3) is 0 Å². The Kier molecular flexibility index (Phi) is 3.30. The quantitative estimate of drug-likeness (QED) is 0.901. The zero-order chi connectivity index (χ0) is 13.2. The van der Waals surface area contributed by atoms with E-state index in [0.29, 0.717) is 0 Å². The Balaban J connectivity index is 1.68. The van der Waals surface area contributed by atoms with E-state index in [9.17, 15) is 4.79 Å². The number of amides is 1. The van der Waals surface area contributed by atoms with Crippen molar-refractivity contribution in [1.29, 1.82) is 0 Å². The summed E-state index contributed by atoms with van der Waals surface area (Å²) in [5.41, 5.74) is 3.34. The second kappa shape index (κ2) is 5.10. The predicted octanol–water partition coefficient (Wildman–Crippen LogP) is 3.65. The van der Waals surface area contributed by atoms with Gasteiger partial charge in [0.05, 0.1) is 5.25 Å². The van der Waals surface area contributed by atoms with Crippen LogP contribution in [0.25, 0.3) is 0 Å². The molecule has 1 unspecified atom stereocenters. The average Bonchev–Trinajstić information content (AvgIpc) is 2.85. The summed E-state index contributed by atoms with van der Waals surface area (Å²) in [6.07, 6.45) is 0.818. The molecule has 2 aromatic carbocycles. The molecule has 19 heavy (non-hydrogen) atoms. The van der Waals surface area contributed by atoms with Crippen LogP contribution in [0.3, 0.4) is 0 Å². The zero-order valence-electron chi connectivity index (χ0n) is 10.7. The summed E-state index contributed by atoms with van der Waals surface area (Å²) in [4.78, 5) is 13.5. The van der Waals surface area contributed by atoms with E-state index >= 15 is 0 Å². The number of nitrogens with one attached hydrogen (secondary N) is 1. The van der Waals surface area contributed by atoms with Crippen molar-refractivity contribution in [1.82, 2.24) is 0 Å². The number of fused-ring (bicyclic) bond motifs is 1. The third kappa shape index (κ3) is 2.66. The number of carbonyl (C=O) groups excluding carboxylic acids is 1. The topological polar surface area (TPSA) is 29.1 Å². The van der Waals surface area contributed by atoms with E-state index in [1.807, 2.05) is 43.3 Å². The Labute approximate surface area is 117 Å². The van der Waals surface area contributed by atoms with Crippen molar-refractivity contribution in [2.45, 2.75) is 23.5 Å². The molecule has 1 aliphatic heterocycles. The van der Waals surface area contributed by atoms with Crippen LogP contribution in [0, 0.1) is 6.92 Å². The number of benzene rings is 2. The summed E-state index contributed by atoms with van der Waals surface area (Å²) in [6.45, 7) is 2.04. The van der Waals surface area contributed by atoms with E-state index < -0.39 is 0 Å². The molecule has 2 aromatic rings. The van der Waals surface area contributed by atoms with Crippen molar-refractivity contribution < 1.29 is 4.79 Å². The maximum Gasteiger partial charge on any atom is 0.238 e. The molecule has 0 saturated heterocycles. The Bertz CT molecular complexity index is 581. The third-order valence-corrected chi connectivity index (χ3v) is 4.58. The lowest BCUT2D eigenvalue weighted by Crippen LogP contribution is -2.24. The molecule has 1 N–H and O–H groups in total. The summed E-state index contributed by atoms with van der Waals surface area (Å²) < 4.78 is 0. The maximum atomic E-state index is 12.2. The second-order valence-corrected chi connectivity index (χ2v) is 6.02. The van der Waals surface area contributed by atoms with Gasteiger partial charge in [-0.05, 0) is 37.1 Å². The number of aryl methyl sites for hydroxylation is 1. The fourth-order valence-electron chi connectivity index (χ4n) is 2.19. The summed E-state index contributed by atoms with van der Waals surface area (Å²) in [5, 5.41) is 2.97. The first kappa shape index (κ1) is 12.3.